The number of carbonyl (C=O) groups excluding carboxylic acids is 3. The molecular formula is C77H126O6. The smallest absolute Gasteiger partial charge is 0.306 e. The highest BCUT2D eigenvalue weighted by Gasteiger charge is 2.19. The SMILES string of the molecule is CC/C=C\C/C=C\C/C=C\C/C=C\C/C=C\C/C=C\CCCCCCCCC(=O)OCC(COC(=O)CCCCCCC/C=C\C/C=C\C/C=C\CC)OC(=O)CCCCCCCCCCCC/C=C\C/C=C\C/C=C\CCCCCCC. The first-order valence-electron chi connectivity index (χ1n) is 34.3. The van der Waals surface area contributed by atoms with Gasteiger partial charge in [-0.2, -0.15) is 0 Å². The Morgan fingerprint density at radius 3 is 0.735 bits per heavy atom. The van der Waals surface area contributed by atoms with E-state index in [0.717, 1.165) is 161 Å². The van der Waals surface area contributed by atoms with Gasteiger partial charge in [0.05, 0.1) is 0 Å². The Morgan fingerprint density at radius 1 is 0.253 bits per heavy atom. The van der Waals surface area contributed by atoms with Crippen molar-refractivity contribution in [3.05, 3.63) is 146 Å². The normalized spacial score (nSPS) is 13.0. The summed E-state index contributed by atoms with van der Waals surface area (Å²) < 4.78 is 16.9. The van der Waals surface area contributed by atoms with E-state index in [1.54, 1.807) is 0 Å². The van der Waals surface area contributed by atoms with Gasteiger partial charge in [-0.1, -0.05) is 289 Å². The Bertz CT molecular complexity index is 1800. The Morgan fingerprint density at radius 2 is 0.470 bits per heavy atom. The lowest BCUT2D eigenvalue weighted by atomic mass is 10.0. The summed E-state index contributed by atoms with van der Waals surface area (Å²) in [5, 5.41) is 0. The van der Waals surface area contributed by atoms with Crippen LogP contribution in [-0.2, 0) is 28.6 Å². The molecule has 0 N–H and O–H groups in total. The van der Waals surface area contributed by atoms with Gasteiger partial charge in [-0.3, -0.25) is 14.4 Å². The van der Waals surface area contributed by atoms with Crippen LogP contribution in [0.5, 0.6) is 0 Å². The van der Waals surface area contributed by atoms with Gasteiger partial charge < -0.3 is 14.2 Å². The number of rotatable bonds is 61. The van der Waals surface area contributed by atoms with Crippen LogP contribution in [0.3, 0.4) is 0 Å². The van der Waals surface area contributed by atoms with Crippen molar-refractivity contribution >= 4 is 17.9 Å². The van der Waals surface area contributed by atoms with Crippen molar-refractivity contribution in [2.45, 2.75) is 309 Å². The fraction of sp³-hybridized carbons (Fsp3) is 0.649. The topological polar surface area (TPSA) is 78.9 Å². The van der Waals surface area contributed by atoms with Gasteiger partial charge in [0.2, 0.25) is 0 Å². The van der Waals surface area contributed by atoms with Crippen molar-refractivity contribution in [2.24, 2.45) is 0 Å². The van der Waals surface area contributed by atoms with Gasteiger partial charge in [0.15, 0.2) is 6.10 Å². The van der Waals surface area contributed by atoms with E-state index in [-0.39, 0.29) is 31.1 Å². The monoisotopic (exact) mass is 1150 g/mol. The first-order chi connectivity index (χ1) is 41.0. The highest BCUT2D eigenvalue weighted by Crippen LogP contribution is 2.15. The van der Waals surface area contributed by atoms with Crippen LogP contribution in [0.4, 0.5) is 0 Å². The molecule has 0 spiro atoms. The third-order valence-corrected chi connectivity index (χ3v) is 14.3. The molecule has 0 amide bonds. The summed E-state index contributed by atoms with van der Waals surface area (Å²) in [6.07, 6.45) is 100.0. The van der Waals surface area contributed by atoms with E-state index < -0.39 is 6.10 Å². The maximum absolute atomic E-state index is 13.0. The van der Waals surface area contributed by atoms with Gasteiger partial charge in [0.1, 0.15) is 13.2 Å². The molecule has 0 aliphatic carbocycles. The molecule has 0 fully saturated rings. The number of esters is 3. The molecule has 470 valence electrons. The maximum Gasteiger partial charge on any atom is 0.306 e. The summed E-state index contributed by atoms with van der Waals surface area (Å²) in [6.45, 7) is 6.39. The van der Waals surface area contributed by atoms with Crippen LogP contribution >= 0.6 is 0 Å². The minimum absolute atomic E-state index is 0.0978. The molecule has 0 radical (unpaired) electrons. The second kappa shape index (κ2) is 69.8. The molecule has 6 nitrogen and oxygen atoms in total. The minimum atomic E-state index is -0.803. The summed E-state index contributed by atoms with van der Waals surface area (Å²) >= 11 is 0. The molecule has 0 rings (SSSR count). The lowest BCUT2D eigenvalue weighted by Crippen LogP contribution is -2.30. The summed E-state index contributed by atoms with van der Waals surface area (Å²) in [7, 11) is 0. The molecule has 0 aromatic heterocycles. The number of allylic oxidation sites excluding steroid dienone is 24. The van der Waals surface area contributed by atoms with Crippen molar-refractivity contribution in [3.8, 4) is 0 Å². The highest BCUT2D eigenvalue weighted by molar-refractivity contribution is 5.71. The fourth-order valence-electron chi connectivity index (χ4n) is 9.23. The Hall–Kier alpha value is -4.71. The standard InChI is InChI=1S/C77H126O6/c1-4-7-10-13-16-19-22-25-28-30-32-34-36-38-40-42-44-46-49-52-55-58-61-64-67-70-76(79)82-73-74(72-81-75(78)69-66-63-60-57-54-51-48-27-24-21-18-15-12-9-6-3)83-77(80)71-68-65-62-59-56-53-50-47-45-43-41-39-37-35-33-31-29-26-23-20-17-14-11-8-5-2/h7,9-10,12,16,18-19,21,23,25-28,31-34,37-40,44,46,48,74H,4-6,8,11,13-15,17,20,22,24,29-30,35-36,41-43,45,47,49-73H2,1-3H3/b10-7-,12-9-,19-16-,21-18-,26-23-,28-25-,33-31-,34-32-,39-37-,40-38-,46-44-,48-27-. The third kappa shape index (κ3) is 68.0. The molecule has 6 heteroatoms. The zero-order valence-electron chi connectivity index (χ0n) is 53.9. The van der Waals surface area contributed by atoms with E-state index in [0.29, 0.717) is 19.3 Å². The van der Waals surface area contributed by atoms with E-state index >= 15 is 0 Å². The third-order valence-electron chi connectivity index (χ3n) is 14.3. The average Bonchev–Trinajstić information content (AvgIpc) is 3.49. The maximum atomic E-state index is 13.0. The van der Waals surface area contributed by atoms with Crippen LogP contribution in [0.15, 0.2) is 146 Å². The van der Waals surface area contributed by atoms with Crippen LogP contribution in [0.1, 0.15) is 303 Å². The molecular weight excluding hydrogens is 1020 g/mol. The van der Waals surface area contributed by atoms with E-state index in [2.05, 4.69) is 167 Å². The Kier molecular flexibility index (Phi) is 65.8. The van der Waals surface area contributed by atoms with Crippen molar-refractivity contribution in [1.29, 1.82) is 0 Å². The highest BCUT2D eigenvalue weighted by atomic mass is 16.6. The number of carbonyl (C=O) groups is 3. The van der Waals surface area contributed by atoms with E-state index in [9.17, 15) is 14.4 Å². The predicted octanol–water partition coefficient (Wildman–Crippen LogP) is 23.9. The molecule has 0 saturated carbocycles. The zero-order valence-corrected chi connectivity index (χ0v) is 53.9. The van der Waals surface area contributed by atoms with Gasteiger partial charge in [-0.25, -0.2) is 0 Å². The van der Waals surface area contributed by atoms with Crippen LogP contribution in [0, 0.1) is 0 Å². The molecule has 0 aromatic rings. The Labute approximate surface area is 512 Å². The lowest BCUT2D eigenvalue weighted by Gasteiger charge is -2.18. The summed E-state index contributed by atoms with van der Waals surface area (Å²) in [5.41, 5.74) is 0. The van der Waals surface area contributed by atoms with Crippen molar-refractivity contribution in [3.63, 3.8) is 0 Å². The molecule has 0 bridgehead atoms. The molecule has 0 aromatic carbocycles. The number of ether oxygens (including phenoxy) is 3. The fourth-order valence-corrected chi connectivity index (χ4v) is 9.23. The summed E-state index contributed by atoms with van der Waals surface area (Å²) in [5.74, 6) is -0.928. The second-order valence-corrected chi connectivity index (χ2v) is 22.3. The van der Waals surface area contributed by atoms with Crippen molar-refractivity contribution < 1.29 is 28.6 Å². The van der Waals surface area contributed by atoms with Crippen LogP contribution in [-0.4, -0.2) is 37.2 Å². The predicted molar refractivity (Wildman–Crippen MR) is 362 cm³/mol. The molecule has 0 aliphatic heterocycles. The average molecular weight is 1150 g/mol. The molecule has 1 atom stereocenters. The van der Waals surface area contributed by atoms with Crippen LogP contribution in [0.25, 0.3) is 0 Å². The molecule has 0 saturated heterocycles. The summed E-state index contributed by atoms with van der Waals surface area (Å²) in [4.78, 5) is 38.4. The lowest BCUT2D eigenvalue weighted by molar-refractivity contribution is -0.167. The number of unbranched alkanes of at least 4 members (excludes halogenated alkanes) is 26. The molecule has 0 heterocycles. The first-order valence-corrected chi connectivity index (χ1v) is 34.3. The molecule has 0 aliphatic rings. The largest absolute Gasteiger partial charge is 0.462 e. The summed E-state index contributed by atoms with van der Waals surface area (Å²) in [6, 6.07) is 0. The quantitative estimate of drug-likeness (QED) is 0.0261. The van der Waals surface area contributed by atoms with Gasteiger partial charge in [0.25, 0.3) is 0 Å². The van der Waals surface area contributed by atoms with Crippen molar-refractivity contribution in [2.75, 3.05) is 13.2 Å². The van der Waals surface area contributed by atoms with Gasteiger partial charge in [-0.15, -0.1) is 0 Å². The van der Waals surface area contributed by atoms with E-state index in [1.165, 1.54) is 103 Å². The van der Waals surface area contributed by atoms with Crippen LogP contribution < -0.4 is 0 Å². The van der Waals surface area contributed by atoms with Gasteiger partial charge in [-0.05, 0) is 141 Å². The number of hydrogen-bond donors (Lipinski definition) is 0. The molecule has 83 heavy (non-hydrogen) atoms. The minimum Gasteiger partial charge on any atom is -0.462 e. The van der Waals surface area contributed by atoms with E-state index in [4.69, 9.17) is 14.2 Å². The zero-order chi connectivity index (χ0) is 59.9. The molecule has 1 unspecified atom stereocenters. The number of hydrogen-bond acceptors (Lipinski definition) is 6. The first kappa shape index (κ1) is 78.3. The second-order valence-electron chi connectivity index (χ2n) is 22.3. The van der Waals surface area contributed by atoms with Crippen LogP contribution in [0.2, 0.25) is 0 Å². The van der Waals surface area contributed by atoms with Crippen molar-refractivity contribution in [1.82, 2.24) is 0 Å². The Balaban J connectivity index is 4.42. The van der Waals surface area contributed by atoms with E-state index in [1.807, 2.05) is 0 Å². The van der Waals surface area contributed by atoms with Gasteiger partial charge in [0, 0.05) is 19.3 Å². The van der Waals surface area contributed by atoms with Gasteiger partial charge >= 0.3 is 17.9 Å².